The number of hydrogen-bond donors (Lipinski definition) is 0. The lowest BCUT2D eigenvalue weighted by Crippen LogP contribution is -2.43. The van der Waals surface area contributed by atoms with Crippen molar-refractivity contribution in [3.63, 3.8) is 0 Å². The van der Waals surface area contributed by atoms with Gasteiger partial charge < -0.3 is 14.2 Å². The van der Waals surface area contributed by atoms with E-state index in [1.807, 2.05) is 0 Å². The van der Waals surface area contributed by atoms with Crippen molar-refractivity contribution < 1.29 is 18.4 Å². The van der Waals surface area contributed by atoms with E-state index in [9.17, 15) is 14.0 Å². The van der Waals surface area contributed by atoms with E-state index in [0.29, 0.717) is 18.7 Å². The minimum absolute atomic E-state index is 0.0466. The molecule has 0 radical (unpaired) electrons. The zero-order valence-corrected chi connectivity index (χ0v) is 19.6. The maximum atomic E-state index is 13.3. The second kappa shape index (κ2) is 11.7. The van der Waals surface area contributed by atoms with E-state index in [1.165, 1.54) is 12.1 Å². The zero-order valence-electron chi connectivity index (χ0n) is 19.6. The van der Waals surface area contributed by atoms with Crippen molar-refractivity contribution in [1.82, 2.24) is 9.80 Å². The molecule has 32 heavy (non-hydrogen) atoms. The van der Waals surface area contributed by atoms with Crippen LogP contribution in [-0.4, -0.2) is 34.7 Å². The summed E-state index contributed by atoms with van der Waals surface area (Å²) in [5, 5.41) is 0. The molecular formula is C26H35FN2O3. The van der Waals surface area contributed by atoms with Crippen LogP contribution in [0.2, 0.25) is 0 Å². The maximum Gasteiger partial charge on any atom is 0.242 e. The number of rotatable bonds is 11. The van der Waals surface area contributed by atoms with Gasteiger partial charge in [0.25, 0.3) is 0 Å². The molecule has 1 heterocycles. The Morgan fingerprint density at radius 1 is 1.09 bits per heavy atom. The molecule has 1 aromatic heterocycles. The highest BCUT2D eigenvalue weighted by atomic mass is 19.1. The number of nitrogens with zero attached hydrogens (tertiary/aromatic N) is 2. The normalized spacial score (nSPS) is 12.3. The van der Waals surface area contributed by atoms with Gasteiger partial charge in [-0.25, -0.2) is 4.39 Å². The summed E-state index contributed by atoms with van der Waals surface area (Å²) in [5.74, 6) is 0.258. The fraction of sp³-hybridized carbons (Fsp3) is 0.462. The van der Waals surface area contributed by atoms with Crippen molar-refractivity contribution in [3.05, 3.63) is 72.5 Å². The summed E-state index contributed by atoms with van der Waals surface area (Å²) < 4.78 is 18.7. The predicted octanol–water partition coefficient (Wildman–Crippen LogP) is 5.42. The van der Waals surface area contributed by atoms with E-state index in [4.69, 9.17) is 4.42 Å². The zero-order chi connectivity index (χ0) is 23.7. The third kappa shape index (κ3) is 8.69. The summed E-state index contributed by atoms with van der Waals surface area (Å²) in [6, 6.07) is 9.60. The van der Waals surface area contributed by atoms with E-state index in [1.54, 1.807) is 46.4 Å². The van der Waals surface area contributed by atoms with Gasteiger partial charge in [-0.2, -0.15) is 0 Å². The summed E-state index contributed by atoms with van der Waals surface area (Å²) in [7, 11) is 0. The van der Waals surface area contributed by atoms with Crippen molar-refractivity contribution in [2.45, 2.75) is 53.6 Å². The van der Waals surface area contributed by atoms with Crippen LogP contribution in [0.4, 0.5) is 4.39 Å². The Morgan fingerprint density at radius 3 is 2.34 bits per heavy atom. The number of amides is 2. The van der Waals surface area contributed by atoms with E-state index in [-0.39, 0.29) is 48.6 Å². The Labute approximate surface area is 190 Å². The maximum absolute atomic E-state index is 13.3. The Kier molecular flexibility index (Phi) is 9.24. The molecule has 2 rings (SSSR count). The highest BCUT2D eigenvalue weighted by Gasteiger charge is 2.24. The van der Waals surface area contributed by atoms with Crippen molar-refractivity contribution in [2.75, 3.05) is 13.1 Å². The molecule has 0 aliphatic heterocycles. The summed E-state index contributed by atoms with van der Waals surface area (Å²) in [5.41, 5.74) is 0.931. The lowest BCUT2D eigenvalue weighted by molar-refractivity contribution is -0.141. The van der Waals surface area contributed by atoms with E-state index in [0.717, 1.165) is 12.0 Å². The Balaban J connectivity index is 2.11. The number of benzene rings is 1. The molecule has 0 aliphatic rings. The summed E-state index contributed by atoms with van der Waals surface area (Å²) in [4.78, 5) is 29.3. The van der Waals surface area contributed by atoms with Gasteiger partial charge in [0, 0.05) is 19.5 Å². The van der Waals surface area contributed by atoms with E-state index < -0.39 is 0 Å². The molecule has 6 heteroatoms. The van der Waals surface area contributed by atoms with Crippen LogP contribution in [0.5, 0.6) is 0 Å². The molecule has 174 valence electrons. The predicted molar refractivity (Wildman–Crippen MR) is 124 cm³/mol. The van der Waals surface area contributed by atoms with Crippen molar-refractivity contribution in [1.29, 1.82) is 0 Å². The van der Waals surface area contributed by atoms with Crippen molar-refractivity contribution in [3.8, 4) is 0 Å². The monoisotopic (exact) mass is 442 g/mol. The highest BCUT2D eigenvalue weighted by molar-refractivity contribution is 5.85. The molecule has 0 fully saturated rings. The number of carbonyl (C=O) groups excluding carboxylic acids is 2. The third-order valence-corrected chi connectivity index (χ3v) is 5.08. The van der Waals surface area contributed by atoms with Crippen LogP contribution in [0, 0.1) is 17.2 Å². The smallest absolute Gasteiger partial charge is 0.242 e. The summed E-state index contributed by atoms with van der Waals surface area (Å²) in [6.07, 6.45) is 4.49. The van der Waals surface area contributed by atoms with Gasteiger partial charge in [0.05, 0.1) is 12.8 Å². The van der Waals surface area contributed by atoms with Gasteiger partial charge in [0.1, 0.15) is 18.1 Å². The lowest BCUT2D eigenvalue weighted by Gasteiger charge is -2.28. The van der Waals surface area contributed by atoms with Crippen LogP contribution in [0.15, 0.2) is 59.7 Å². The molecule has 2 aromatic rings. The molecule has 2 amide bonds. The molecule has 1 unspecified atom stereocenters. The third-order valence-electron chi connectivity index (χ3n) is 5.08. The molecule has 0 spiro atoms. The van der Waals surface area contributed by atoms with Gasteiger partial charge in [-0.15, -0.1) is 6.58 Å². The molecule has 0 saturated heterocycles. The number of furan rings is 1. The summed E-state index contributed by atoms with van der Waals surface area (Å²) >= 11 is 0. The average molecular weight is 443 g/mol. The lowest BCUT2D eigenvalue weighted by atomic mass is 9.84. The molecule has 5 nitrogen and oxygen atoms in total. The molecule has 1 atom stereocenters. The second-order valence-electron chi connectivity index (χ2n) is 9.59. The SMILES string of the molecule is C=CCN(CC(=O)N(Cc1ccc(F)cc1)Cc1ccco1)C(=O)CC(C)CC(C)(C)C. The van der Waals surface area contributed by atoms with Crippen molar-refractivity contribution >= 4 is 11.8 Å². The minimum atomic E-state index is -0.329. The topological polar surface area (TPSA) is 53.8 Å². The first kappa shape index (κ1) is 25.4. The van der Waals surface area contributed by atoms with Crippen LogP contribution in [-0.2, 0) is 22.7 Å². The molecular weight excluding hydrogens is 407 g/mol. The van der Waals surface area contributed by atoms with Crippen LogP contribution in [0.25, 0.3) is 0 Å². The fourth-order valence-electron chi connectivity index (χ4n) is 3.85. The van der Waals surface area contributed by atoms with Crippen molar-refractivity contribution in [2.24, 2.45) is 11.3 Å². The number of carbonyl (C=O) groups is 2. The largest absolute Gasteiger partial charge is 0.467 e. The van der Waals surface area contributed by atoms with Gasteiger partial charge in [-0.3, -0.25) is 9.59 Å². The number of halogens is 1. The second-order valence-corrected chi connectivity index (χ2v) is 9.59. The first-order valence-corrected chi connectivity index (χ1v) is 11.0. The van der Waals surface area contributed by atoms with Crippen LogP contribution < -0.4 is 0 Å². The van der Waals surface area contributed by atoms with Crippen LogP contribution in [0.3, 0.4) is 0 Å². The molecule has 0 saturated carbocycles. The Hall–Kier alpha value is -2.89. The first-order chi connectivity index (χ1) is 15.1. The molecule has 0 aliphatic carbocycles. The van der Waals surface area contributed by atoms with Gasteiger partial charge >= 0.3 is 0 Å². The Morgan fingerprint density at radius 2 is 1.78 bits per heavy atom. The van der Waals surface area contributed by atoms with Gasteiger partial charge in [-0.05, 0) is 47.6 Å². The fourth-order valence-corrected chi connectivity index (χ4v) is 3.85. The first-order valence-electron chi connectivity index (χ1n) is 11.0. The van der Waals surface area contributed by atoms with Gasteiger partial charge in [-0.1, -0.05) is 45.9 Å². The number of hydrogen-bond acceptors (Lipinski definition) is 3. The molecule has 1 aromatic carbocycles. The average Bonchev–Trinajstić information content (AvgIpc) is 3.20. The van der Waals surface area contributed by atoms with Gasteiger partial charge in [0.2, 0.25) is 11.8 Å². The van der Waals surface area contributed by atoms with E-state index >= 15 is 0 Å². The van der Waals surface area contributed by atoms with Crippen LogP contribution in [0.1, 0.15) is 51.9 Å². The van der Waals surface area contributed by atoms with E-state index in [2.05, 4.69) is 34.3 Å². The molecule has 0 bridgehead atoms. The highest BCUT2D eigenvalue weighted by Crippen LogP contribution is 2.26. The standard InChI is InChI=1S/C26H35FN2O3/c1-6-13-28(24(30)15-20(2)16-26(3,4)5)19-25(31)29(18-23-8-7-14-32-23)17-21-9-11-22(27)12-10-21/h6-12,14,20H,1,13,15-19H2,2-5H3. The molecule has 0 N–H and O–H groups in total. The summed E-state index contributed by atoms with van der Waals surface area (Å²) in [6.45, 7) is 13.1. The van der Waals surface area contributed by atoms with Crippen LogP contribution >= 0.6 is 0 Å². The Bertz CT molecular complexity index is 869. The minimum Gasteiger partial charge on any atom is -0.467 e. The quantitative estimate of drug-likeness (QED) is 0.436. The van der Waals surface area contributed by atoms with Gasteiger partial charge in [0.15, 0.2) is 0 Å².